The highest BCUT2D eigenvalue weighted by molar-refractivity contribution is 5.66. The van der Waals surface area contributed by atoms with E-state index >= 15 is 0 Å². The number of aliphatic carboxylic acids is 1. The first-order chi connectivity index (χ1) is 8.65. The molecule has 0 aliphatic carbocycles. The van der Waals surface area contributed by atoms with Crippen molar-refractivity contribution >= 4 is 5.97 Å². The monoisotopic (exact) mass is 256 g/mol. The summed E-state index contributed by atoms with van der Waals surface area (Å²) in [7, 11) is 0. The topological polar surface area (TPSA) is 94.7 Å². The van der Waals surface area contributed by atoms with Crippen LogP contribution >= 0.6 is 0 Å². The number of nitrogens with zero attached hydrogens (tertiary/aromatic N) is 2. The molecule has 1 N–H and O–H groups in total. The minimum atomic E-state index is -0.828. The van der Waals surface area contributed by atoms with Crippen molar-refractivity contribution in [1.82, 2.24) is 10.1 Å². The molecule has 1 fully saturated rings. The molecule has 0 saturated carbocycles. The van der Waals surface area contributed by atoms with E-state index in [2.05, 4.69) is 10.1 Å². The number of aromatic nitrogens is 2. The molecule has 1 aliphatic heterocycles. The molecule has 0 aromatic carbocycles. The molecule has 1 aromatic heterocycles. The summed E-state index contributed by atoms with van der Waals surface area (Å²) in [5.41, 5.74) is 0. The van der Waals surface area contributed by atoms with Crippen LogP contribution in [-0.4, -0.2) is 41.0 Å². The van der Waals surface area contributed by atoms with E-state index in [1.807, 2.05) is 6.92 Å². The number of carbonyl (C=O) groups is 1. The van der Waals surface area contributed by atoms with Gasteiger partial charge in [0, 0.05) is 12.8 Å². The third-order valence-electron chi connectivity index (χ3n) is 2.63. The normalized spacial score (nSPS) is 21.7. The Labute approximate surface area is 104 Å². The maximum absolute atomic E-state index is 10.5. The largest absolute Gasteiger partial charge is 0.481 e. The Morgan fingerprint density at radius 3 is 3.06 bits per heavy atom. The Kier molecular flexibility index (Phi) is 4.27. The van der Waals surface area contributed by atoms with Crippen LogP contribution in [0.5, 0.6) is 0 Å². The van der Waals surface area contributed by atoms with Gasteiger partial charge in [-0.25, -0.2) is 0 Å². The Hall–Kier alpha value is -1.47. The molecule has 2 atom stereocenters. The maximum Gasteiger partial charge on any atom is 0.303 e. The van der Waals surface area contributed by atoms with Gasteiger partial charge in [-0.15, -0.1) is 0 Å². The van der Waals surface area contributed by atoms with Gasteiger partial charge in [0.2, 0.25) is 11.7 Å². The number of hydrogen-bond acceptors (Lipinski definition) is 6. The molecule has 2 heterocycles. The van der Waals surface area contributed by atoms with Crippen molar-refractivity contribution in [3.63, 3.8) is 0 Å². The highest BCUT2D eigenvalue weighted by Crippen LogP contribution is 2.19. The van der Waals surface area contributed by atoms with Gasteiger partial charge in [-0.3, -0.25) is 4.79 Å². The van der Waals surface area contributed by atoms with Gasteiger partial charge in [0.05, 0.1) is 19.8 Å². The van der Waals surface area contributed by atoms with Crippen LogP contribution in [0.15, 0.2) is 4.52 Å². The molecule has 7 heteroatoms. The van der Waals surface area contributed by atoms with E-state index in [9.17, 15) is 4.79 Å². The van der Waals surface area contributed by atoms with Gasteiger partial charge in [0.1, 0.15) is 6.10 Å². The molecule has 0 bridgehead atoms. The van der Waals surface area contributed by atoms with Crippen LogP contribution < -0.4 is 0 Å². The van der Waals surface area contributed by atoms with Crippen molar-refractivity contribution in [3.8, 4) is 0 Å². The van der Waals surface area contributed by atoms with Crippen molar-refractivity contribution < 1.29 is 23.9 Å². The SMILES string of the molecule is CC(CC(=O)O)Cc1nc(C2COCCO2)no1. The smallest absolute Gasteiger partial charge is 0.303 e. The van der Waals surface area contributed by atoms with Gasteiger partial charge in [0.15, 0.2) is 0 Å². The van der Waals surface area contributed by atoms with Gasteiger partial charge >= 0.3 is 5.97 Å². The van der Waals surface area contributed by atoms with Crippen LogP contribution in [0, 0.1) is 5.92 Å². The van der Waals surface area contributed by atoms with E-state index < -0.39 is 5.97 Å². The molecule has 1 aromatic rings. The van der Waals surface area contributed by atoms with Gasteiger partial charge in [-0.2, -0.15) is 4.98 Å². The Balaban J connectivity index is 1.91. The van der Waals surface area contributed by atoms with Crippen LogP contribution in [0.1, 0.15) is 31.2 Å². The molecule has 2 unspecified atom stereocenters. The van der Waals surface area contributed by atoms with Crippen LogP contribution in [0.2, 0.25) is 0 Å². The van der Waals surface area contributed by atoms with E-state index in [4.69, 9.17) is 19.1 Å². The maximum atomic E-state index is 10.5. The second kappa shape index (κ2) is 5.92. The number of carboxylic acid groups (broad SMARTS) is 1. The average molecular weight is 256 g/mol. The summed E-state index contributed by atoms with van der Waals surface area (Å²) in [5, 5.41) is 12.5. The van der Waals surface area contributed by atoms with Crippen LogP contribution in [0.4, 0.5) is 0 Å². The van der Waals surface area contributed by atoms with E-state index in [-0.39, 0.29) is 18.4 Å². The van der Waals surface area contributed by atoms with Crippen LogP contribution in [-0.2, 0) is 20.7 Å². The summed E-state index contributed by atoms with van der Waals surface area (Å²) in [6, 6.07) is 0. The molecule has 0 spiro atoms. The molecular weight excluding hydrogens is 240 g/mol. The molecule has 0 amide bonds. The van der Waals surface area contributed by atoms with Crippen molar-refractivity contribution in [2.45, 2.75) is 25.9 Å². The second-order valence-electron chi connectivity index (χ2n) is 4.39. The zero-order valence-corrected chi connectivity index (χ0v) is 10.2. The summed E-state index contributed by atoms with van der Waals surface area (Å²) >= 11 is 0. The van der Waals surface area contributed by atoms with Gasteiger partial charge in [0.25, 0.3) is 0 Å². The lowest BCUT2D eigenvalue weighted by molar-refractivity contribution is -0.137. The molecule has 2 rings (SSSR count). The van der Waals surface area contributed by atoms with Crippen molar-refractivity contribution in [1.29, 1.82) is 0 Å². The summed E-state index contributed by atoms with van der Waals surface area (Å²) in [6.07, 6.45) is 0.249. The van der Waals surface area contributed by atoms with E-state index in [0.717, 1.165) is 0 Å². The quantitative estimate of drug-likeness (QED) is 0.832. The predicted molar refractivity (Wildman–Crippen MR) is 58.9 cm³/mol. The summed E-state index contributed by atoms with van der Waals surface area (Å²) < 4.78 is 15.8. The molecule has 7 nitrogen and oxygen atoms in total. The second-order valence-corrected chi connectivity index (χ2v) is 4.39. The lowest BCUT2D eigenvalue weighted by Crippen LogP contribution is -2.22. The minimum Gasteiger partial charge on any atom is -0.481 e. The fourth-order valence-electron chi connectivity index (χ4n) is 1.79. The molecule has 1 saturated heterocycles. The Morgan fingerprint density at radius 1 is 1.56 bits per heavy atom. The Bertz CT molecular complexity index is 400. The molecule has 0 radical (unpaired) electrons. The van der Waals surface area contributed by atoms with Gasteiger partial charge in [-0.1, -0.05) is 12.1 Å². The first kappa shape index (κ1) is 13.0. The standard InChI is InChI=1S/C11H16N2O5/c1-7(5-10(14)15)4-9-12-11(13-18-9)8-6-16-2-3-17-8/h7-8H,2-6H2,1H3,(H,14,15). The molecule has 18 heavy (non-hydrogen) atoms. The van der Waals surface area contributed by atoms with Crippen molar-refractivity contribution in [3.05, 3.63) is 11.7 Å². The zero-order chi connectivity index (χ0) is 13.0. The molecular formula is C11H16N2O5. The zero-order valence-electron chi connectivity index (χ0n) is 10.2. The first-order valence-electron chi connectivity index (χ1n) is 5.88. The van der Waals surface area contributed by atoms with Crippen molar-refractivity contribution in [2.24, 2.45) is 5.92 Å². The lowest BCUT2D eigenvalue weighted by atomic mass is 10.0. The lowest BCUT2D eigenvalue weighted by Gasteiger charge is -2.19. The minimum absolute atomic E-state index is 0.0423. The third kappa shape index (κ3) is 3.51. The van der Waals surface area contributed by atoms with Gasteiger partial charge in [-0.05, 0) is 5.92 Å². The summed E-state index contributed by atoms with van der Waals surface area (Å²) in [4.78, 5) is 14.8. The average Bonchev–Trinajstić information content (AvgIpc) is 2.77. The predicted octanol–water partition coefficient (Wildman–Crippen LogP) is 0.811. The fourth-order valence-corrected chi connectivity index (χ4v) is 1.79. The van der Waals surface area contributed by atoms with Crippen LogP contribution in [0.25, 0.3) is 0 Å². The van der Waals surface area contributed by atoms with E-state index in [1.54, 1.807) is 0 Å². The molecule has 100 valence electrons. The van der Waals surface area contributed by atoms with E-state index in [0.29, 0.717) is 38.0 Å². The number of hydrogen-bond donors (Lipinski definition) is 1. The first-order valence-corrected chi connectivity index (χ1v) is 5.88. The van der Waals surface area contributed by atoms with Gasteiger partial charge < -0.3 is 19.1 Å². The summed E-state index contributed by atoms with van der Waals surface area (Å²) in [6.45, 7) is 3.35. The third-order valence-corrected chi connectivity index (χ3v) is 2.63. The van der Waals surface area contributed by atoms with Crippen LogP contribution in [0.3, 0.4) is 0 Å². The Morgan fingerprint density at radius 2 is 2.39 bits per heavy atom. The number of carboxylic acids is 1. The van der Waals surface area contributed by atoms with E-state index in [1.165, 1.54) is 0 Å². The highest BCUT2D eigenvalue weighted by atomic mass is 16.6. The highest BCUT2D eigenvalue weighted by Gasteiger charge is 2.23. The fraction of sp³-hybridized carbons (Fsp3) is 0.727. The summed E-state index contributed by atoms with van der Waals surface area (Å²) in [5.74, 6) is 0.0331. The number of ether oxygens (including phenoxy) is 2. The molecule has 1 aliphatic rings. The van der Waals surface area contributed by atoms with Crippen molar-refractivity contribution in [2.75, 3.05) is 19.8 Å². The number of rotatable bonds is 5.